The molecule has 3 atom stereocenters. The predicted octanol–water partition coefficient (Wildman–Crippen LogP) is 1.05. The number of benzene rings is 1. The summed E-state index contributed by atoms with van der Waals surface area (Å²) in [6.45, 7) is 3.49. The van der Waals surface area contributed by atoms with E-state index in [9.17, 15) is 14.7 Å². The van der Waals surface area contributed by atoms with Crippen molar-refractivity contribution >= 4 is 11.9 Å². The predicted molar refractivity (Wildman–Crippen MR) is 106 cm³/mol. The van der Waals surface area contributed by atoms with E-state index < -0.39 is 18.2 Å². The quantitative estimate of drug-likeness (QED) is 0.548. The lowest BCUT2D eigenvalue weighted by molar-refractivity contribution is -0.125. The molecule has 1 aliphatic carbocycles. The van der Waals surface area contributed by atoms with Gasteiger partial charge in [0.05, 0.1) is 25.2 Å². The third-order valence-corrected chi connectivity index (χ3v) is 4.98. The fraction of sp³-hybridized carbons (Fsp3) is 0.524. The Morgan fingerprint density at radius 3 is 2.43 bits per heavy atom. The molecule has 1 aliphatic heterocycles. The fourth-order valence-corrected chi connectivity index (χ4v) is 3.72. The molecule has 0 fully saturated rings. The van der Waals surface area contributed by atoms with E-state index in [2.05, 4.69) is 28.1 Å². The maximum Gasteiger partial charge on any atom is 0.315 e. The van der Waals surface area contributed by atoms with E-state index in [0.717, 1.165) is 12.8 Å². The Balaban J connectivity index is 1.49. The van der Waals surface area contributed by atoms with Crippen LogP contribution in [0.25, 0.3) is 0 Å². The van der Waals surface area contributed by atoms with E-state index in [1.165, 1.54) is 11.1 Å². The molecule has 1 aromatic rings. The van der Waals surface area contributed by atoms with Crippen molar-refractivity contribution in [2.75, 3.05) is 6.61 Å². The van der Waals surface area contributed by atoms with Gasteiger partial charge in [-0.2, -0.15) is 0 Å². The Morgan fingerprint density at radius 2 is 1.82 bits per heavy atom. The Kier molecular flexibility index (Phi) is 6.70. The summed E-state index contributed by atoms with van der Waals surface area (Å²) in [7, 11) is 0. The normalized spacial score (nSPS) is 24.1. The molecule has 0 radical (unpaired) electrons. The number of fused-ring (bicyclic) bond motifs is 1. The average molecular weight is 387 g/mol. The van der Waals surface area contributed by atoms with Crippen molar-refractivity contribution in [2.24, 2.45) is 0 Å². The van der Waals surface area contributed by atoms with Crippen LogP contribution in [0.5, 0.6) is 0 Å². The lowest BCUT2D eigenvalue weighted by Crippen LogP contribution is -2.52. The molecule has 0 aromatic heterocycles. The maximum atomic E-state index is 12.4. The number of ether oxygens (including phenoxy) is 1. The third kappa shape index (κ3) is 5.33. The Labute approximate surface area is 165 Å². The molecule has 7 heteroatoms. The van der Waals surface area contributed by atoms with Crippen LogP contribution < -0.4 is 16.0 Å². The Bertz CT molecular complexity index is 709. The van der Waals surface area contributed by atoms with Gasteiger partial charge < -0.3 is 25.8 Å². The van der Waals surface area contributed by atoms with Crippen LogP contribution in [-0.4, -0.2) is 54.0 Å². The number of carbonyl (C=O) groups excluding carboxylic acids is 2. The van der Waals surface area contributed by atoms with Gasteiger partial charge in [0.2, 0.25) is 5.91 Å². The number of amides is 3. The molecular formula is C21H29N3O4. The molecule has 0 spiro atoms. The van der Waals surface area contributed by atoms with Crippen molar-refractivity contribution in [3.05, 3.63) is 47.5 Å². The molecule has 0 saturated carbocycles. The molecule has 0 bridgehead atoms. The third-order valence-electron chi connectivity index (χ3n) is 4.98. The summed E-state index contributed by atoms with van der Waals surface area (Å²) < 4.78 is 5.81. The molecular weight excluding hydrogens is 358 g/mol. The largest absolute Gasteiger partial charge is 0.394 e. The maximum absolute atomic E-state index is 12.4. The highest BCUT2D eigenvalue weighted by Crippen LogP contribution is 2.22. The number of carbonyl (C=O) groups is 2. The second kappa shape index (κ2) is 9.21. The van der Waals surface area contributed by atoms with Crippen LogP contribution in [0.4, 0.5) is 4.79 Å². The van der Waals surface area contributed by atoms with E-state index in [0.29, 0.717) is 0 Å². The van der Waals surface area contributed by atoms with E-state index in [1.807, 2.05) is 26.0 Å². The first-order valence-corrected chi connectivity index (χ1v) is 9.82. The Morgan fingerprint density at radius 1 is 1.14 bits per heavy atom. The van der Waals surface area contributed by atoms with Gasteiger partial charge in [0, 0.05) is 12.1 Å². The standard InChI is InChI=1S/C21H29N3O4/c1-13(2)22-21(27)24-18-8-7-17(28-19(18)12-25)11-20(26)23-16-9-14-5-3-4-6-15(14)10-16/h3-8,13,16-19,25H,9-12H2,1-2H3,(H,23,26)(H2,22,24,27)/t17-,18-,19-/m1/s1. The molecule has 28 heavy (non-hydrogen) atoms. The molecule has 152 valence electrons. The van der Waals surface area contributed by atoms with Gasteiger partial charge in [-0.15, -0.1) is 0 Å². The first kappa shape index (κ1) is 20.4. The summed E-state index contributed by atoms with van der Waals surface area (Å²) in [5.74, 6) is -0.0758. The number of nitrogens with one attached hydrogen (secondary N) is 3. The minimum atomic E-state index is -0.587. The van der Waals surface area contributed by atoms with Crippen molar-refractivity contribution in [2.45, 2.75) is 63.4 Å². The van der Waals surface area contributed by atoms with Gasteiger partial charge in [0.25, 0.3) is 0 Å². The number of aliphatic hydroxyl groups is 1. The van der Waals surface area contributed by atoms with Crippen molar-refractivity contribution in [1.29, 1.82) is 0 Å². The van der Waals surface area contributed by atoms with Gasteiger partial charge in [-0.3, -0.25) is 4.79 Å². The second-order valence-electron chi connectivity index (χ2n) is 7.72. The van der Waals surface area contributed by atoms with Gasteiger partial charge >= 0.3 is 6.03 Å². The molecule has 3 rings (SSSR count). The lowest BCUT2D eigenvalue weighted by Gasteiger charge is -2.32. The van der Waals surface area contributed by atoms with Crippen LogP contribution in [-0.2, 0) is 22.4 Å². The van der Waals surface area contributed by atoms with Crippen molar-refractivity contribution < 1.29 is 19.4 Å². The summed E-state index contributed by atoms with van der Waals surface area (Å²) in [5.41, 5.74) is 2.58. The fourth-order valence-electron chi connectivity index (χ4n) is 3.72. The molecule has 7 nitrogen and oxygen atoms in total. The summed E-state index contributed by atoms with van der Waals surface area (Å²) in [5, 5.41) is 18.2. The van der Waals surface area contributed by atoms with E-state index >= 15 is 0 Å². The number of hydrogen-bond acceptors (Lipinski definition) is 4. The van der Waals surface area contributed by atoms with Crippen LogP contribution in [0.1, 0.15) is 31.4 Å². The highest BCUT2D eigenvalue weighted by Gasteiger charge is 2.30. The van der Waals surface area contributed by atoms with E-state index in [1.54, 1.807) is 12.2 Å². The SMILES string of the molecule is CC(C)NC(=O)N[C@@H]1C=C[C@H](CC(=O)NC2Cc3ccccc3C2)O[C@@H]1CO. The molecule has 2 aliphatic rings. The number of rotatable bonds is 6. The van der Waals surface area contributed by atoms with Gasteiger partial charge in [-0.1, -0.05) is 36.4 Å². The van der Waals surface area contributed by atoms with E-state index in [4.69, 9.17) is 4.74 Å². The first-order valence-electron chi connectivity index (χ1n) is 9.82. The molecule has 0 unspecified atom stereocenters. The van der Waals surface area contributed by atoms with Crippen LogP contribution >= 0.6 is 0 Å². The minimum Gasteiger partial charge on any atom is -0.394 e. The molecule has 1 heterocycles. The summed E-state index contributed by atoms with van der Waals surface area (Å²) in [4.78, 5) is 24.3. The monoisotopic (exact) mass is 387 g/mol. The molecule has 4 N–H and O–H groups in total. The van der Waals surface area contributed by atoms with E-state index in [-0.39, 0.29) is 37.0 Å². The summed E-state index contributed by atoms with van der Waals surface area (Å²) in [6.07, 6.45) is 4.43. The van der Waals surface area contributed by atoms with Crippen molar-refractivity contribution in [1.82, 2.24) is 16.0 Å². The minimum absolute atomic E-state index is 0.0132. The molecule has 1 aromatic carbocycles. The summed E-state index contributed by atoms with van der Waals surface area (Å²) >= 11 is 0. The van der Waals surface area contributed by atoms with Crippen molar-refractivity contribution in [3.8, 4) is 0 Å². The summed E-state index contributed by atoms with van der Waals surface area (Å²) in [6, 6.07) is 7.61. The highest BCUT2D eigenvalue weighted by molar-refractivity contribution is 5.77. The zero-order valence-electron chi connectivity index (χ0n) is 16.4. The molecule has 3 amide bonds. The smallest absolute Gasteiger partial charge is 0.315 e. The highest BCUT2D eigenvalue weighted by atomic mass is 16.5. The zero-order chi connectivity index (χ0) is 20.1. The number of hydrogen-bond donors (Lipinski definition) is 4. The van der Waals surface area contributed by atoms with Gasteiger partial charge in [0.1, 0.15) is 6.10 Å². The Hall–Kier alpha value is -2.38. The lowest BCUT2D eigenvalue weighted by atomic mass is 10.0. The zero-order valence-corrected chi connectivity index (χ0v) is 16.4. The average Bonchev–Trinajstić information content (AvgIpc) is 3.04. The van der Waals surface area contributed by atoms with Gasteiger partial charge in [-0.25, -0.2) is 4.79 Å². The number of urea groups is 1. The molecule has 0 saturated heterocycles. The van der Waals surface area contributed by atoms with Crippen LogP contribution in [0.15, 0.2) is 36.4 Å². The first-order chi connectivity index (χ1) is 13.4. The number of aliphatic hydroxyl groups excluding tert-OH is 1. The topological polar surface area (TPSA) is 99.7 Å². The van der Waals surface area contributed by atoms with Gasteiger partial charge in [0.15, 0.2) is 0 Å². The van der Waals surface area contributed by atoms with Crippen LogP contribution in [0.3, 0.4) is 0 Å². The van der Waals surface area contributed by atoms with Gasteiger partial charge in [-0.05, 0) is 37.8 Å². The second-order valence-corrected chi connectivity index (χ2v) is 7.72. The van der Waals surface area contributed by atoms with Crippen LogP contribution in [0, 0.1) is 0 Å². The van der Waals surface area contributed by atoms with Crippen molar-refractivity contribution in [3.63, 3.8) is 0 Å². The van der Waals surface area contributed by atoms with Crippen LogP contribution in [0.2, 0.25) is 0 Å².